The SMILES string of the molecule is CC1(NS(=O)(=O)c2cc(N3CCC4(CC3)CNC4)c3c(Cl)nc(-c4nnc(C(F)F)s4)n3c2)CC1.O=CO. The minimum atomic E-state index is -3.85. The van der Waals surface area contributed by atoms with Crippen LogP contribution >= 0.6 is 22.9 Å². The van der Waals surface area contributed by atoms with Gasteiger partial charge >= 0.3 is 0 Å². The summed E-state index contributed by atoms with van der Waals surface area (Å²) in [5.41, 5.74) is 1.02. The van der Waals surface area contributed by atoms with Gasteiger partial charge in [-0.15, -0.1) is 10.2 Å². The summed E-state index contributed by atoms with van der Waals surface area (Å²) in [5, 5.41) is 17.5. The van der Waals surface area contributed by atoms with Crippen LogP contribution < -0.4 is 14.9 Å². The summed E-state index contributed by atoms with van der Waals surface area (Å²) < 4.78 is 57.3. The van der Waals surface area contributed by atoms with Gasteiger partial charge in [-0.2, -0.15) is 0 Å². The Morgan fingerprint density at radius 3 is 2.42 bits per heavy atom. The smallest absolute Gasteiger partial charge is 0.291 e. The van der Waals surface area contributed by atoms with Crippen molar-refractivity contribution >= 4 is 50.6 Å². The Labute approximate surface area is 226 Å². The normalized spacial score (nSPS) is 19.8. The second kappa shape index (κ2) is 9.93. The number of rotatable bonds is 6. The highest BCUT2D eigenvalue weighted by Crippen LogP contribution is 2.42. The van der Waals surface area contributed by atoms with Crippen LogP contribution in [0.1, 0.15) is 44.0 Å². The van der Waals surface area contributed by atoms with Gasteiger partial charge in [-0.3, -0.25) is 9.20 Å². The van der Waals surface area contributed by atoms with Crippen molar-refractivity contribution in [1.29, 1.82) is 0 Å². The Hall–Kier alpha value is -2.46. The third-order valence-electron chi connectivity index (χ3n) is 7.32. The Morgan fingerprint density at radius 1 is 1.24 bits per heavy atom. The molecule has 0 aromatic carbocycles. The molecule has 1 aliphatic carbocycles. The number of piperidine rings is 1. The maximum Gasteiger partial charge on any atom is 0.291 e. The number of carboxylic acid groups (broad SMARTS) is 1. The van der Waals surface area contributed by atoms with E-state index in [-0.39, 0.29) is 27.4 Å². The highest BCUT2D eigenvalue weighted by molar-refractivity contribution is 7.89. The Bertz CT molecular complexity index is 1460. The minimum absolute atomic E-state index is 0.0626. The molecule has 3 N–H and O–H groups in total. The monoisotopic (exact) mass is 589 g/mol. The molecule has 2 saturated heterocycles. The molecule has 206 valence electrons. The first-order chi connectivity index (χ1) is 18.0. The number of hydrogen-bond donors (Lipinski definition) is 3. The maximum absolute atomic E-state index is 13.3. The van der Waals surface area contributed by atoms with E-state index in [0.717, 1.165) is 51.9 Å². The van der Waals surface area contributed by atoms with Crippen LogP contribution in [0.4, 0.5) is 14.5 Å². The summed E-state index contributed by atoms with van der Waals surface area (Å²) in [7, 11) is -3.85. The third kappa shape index (κ3) is 5.09. The highest BCUT2D eigenvalue weighted by Gasteiger charge is 2.43. The van der Waals surface area contributed by atoms with Gasteiger partial charge in [0.1, 0.15) is 10.4 Å². The van der Waals surface area contributed by atoms with E-state index in [1.165, 1.54) is 6.20 Å². The van der Waals surface area contributed by atoms with Crippen LogP contribution in [-0.2, 0) is 14.8 Å². The average Bonchev–Trinajstić information content (AvgIpc) is 3.24. The van der Waals surface area contributed by atoms with Crippen LogP contribution in [0.3, 0.4) is 0 Å². The highest BCUT2D eigenvalue weighted by atomic mass is 35.5. The summed E-state index contributed by atoms with van der Waals surface area (Å²) in [6.45, 7) is 5.10. The number of pyridine rings is 1. The lowest BCUT2D eigenvalue weighted by Gasteiger charge is -2.49. The molecule has 11 nitrogen and oxygen atoms in total. The van der Waals surface area contributed by atoms with Crippen LogP contribution in [0.25, 0.3) is 16.3 Å². The zero-order valence-electron chi connectivity index (χ0n) is 20.3. The number of fused-ring (bicyclic) bond motifs is 1. The quantitative estimate of drug-likeness (QED) is 0.370. The van der Waals surface area contributed by atoms with Gasteiger partial charge in [-0.05, 0) is 44.1 Å². The third-order valence-corrected chi connectivity index (χ3v) is 10.1. The van der Waals surface area contributed by atoms with Gasteiger partial charge in [0.05, 0.1) is 5.69 Å². The van der Waals surface area contributed by atoms with E-state index >= 15 is 0 Å². The van der Waals surface area contributed by atoms with Crippen molar-refractivity contribution in [2.24, 2.45) is 5.41 Å². The van der Waals surface area contributed by atoms with Gasteiger partial charge in [0, 0.05) is 37.9 Å². The van der Waals surface area contributed by atoms with Crippen molar-refractivity contribution in [3.05, 3.63) is 22.4 Å². The van der Waals surface area contributed by atoms with Gasteiger partial charge in [-0.25, -0.2) is 26.9 Å². The first-order valence-corrected chi connectivity index (χ1v) is 14.6. The lowest BCUT2D eigenvalue weighted by atomic mass is 9.73. The van der Waals surface area contributed by atoms with Gasteiger partial charge in [-0.1, -0.05) is 22.9 Å². The van der Waals surface area contributed by atoms with Crippen molar-refractivity contribution < 1.29 is 27.1 Å². The summed E-state index contributed by atoms with van der Waals surface area (Å²) in [4.78, 5) is 15.0. The number of aromatic nitrogens is 4. The molecule has 3 fully saturated rings. The molecule has 38 heavy (non-hydrogen) atoms. The Morgan fingerprint density at radius 2 is 1.89 bits per heavy atom. The van der Waals surface area contributed by atoms with Crippen molar-refractivity contribution in [3.63, 3.8) is 0 Å². The van der Waals surface area contributed by atoms with Crippen LogP contribution in [0, 0.1) is 5.41 Å². The molecule has 0 bridgehead atoms. The molecule has 5 heterocycles. The number of sulfonamides is 1. The molecule has 0 amide bonds. The second-order valence-corrected chi connectivity index (χ2v) is 13.2. The van der Waals surface area contributed by atoms with Crippen LogP contribution in [0.15, 0.2) is 17.2 Å². The molecule has 1 saturated carbocycles. The number of nitrogens with zero attached hydrogens (tertiary/aromatic N) is 5. The number of nitrogens with one attached hydrogen (secondary N) is 2. The Kier molecular flexibility index (Phi) is 7.09. The van der Waals surface area contributed by atoms with Crippen molar-refractivity contribution in [2.75, 3.05) is 31.1 Å². The Balaban J connectivity index is 0.000000937. The summed E-state index contributed by atoms with van der Waals surface area (Å²) in [6, 6.07) is 1.64. The number of anilines is 1. The molecular weight excluding hydrogens is 564 g/mol. The van der Waals surface area contributed by atoms with E-state index in [2.05, 4.69) is 30.1 Å². The molecule has 0 radical (unpaired) electrons. The fraction of sp³-hybridized carbons (Fsp3) is 0.545. The van der Waals surface area contributed by atoms with E-state index in [0.29, 0.717) is 28.0 Å². The molecule has 3 aliphatic rings. The first-order valence-electron chi connectivity index (χ1n) is 11.9. The predicted molar refractivity (Wildman–Crippen MR) is 137 cm³/mol. The molecular formula is C22H26ClF2N7O4S2. The first kappa shape index (κ1) is 27.1. The maximum atomic E-state index is 13.3. The van der Waals surface area contributed by atoms with Gasteiger partial charge < -0.3 is 15.3 Å². The van der Waals surface area contributed by atoms with Crippen LogP contribution in [-0.4, -0.2) is 71.3 Å². The van der Waals surface area contributed by atoms with Crippen molar-refractivity contribution in [2.45, 2.75) is 49.5 Å². The van der Waals surface area contributed by atoms with E-state index in [1.807, 2.05) is 6.92 Å². The molecule has 16 heteroatoms. The number of hydrogen-bond acceptors (Lipinski definition) is 9. The number of imidazole rings is 1. The van der Waals surface area contributed by atoms with Crippen LogP contribution in [0.5, 0.6) is 0 Å². The van der Waals surface area contributed by atoms with E-state index < -0.39 is 27.0 Å². The fourth-order valence-electron chi connectivity index (χ4n) is 4.81. The number of halogens is 3. The van der Waals surface area contributed by atoms with Gasteiger partial charge in [0.2, 0.25) is 10.0 Å². The molecule has 2 aliphatic heterocycles. The summed E-state index contributed by atoms with van der Waals surface area (Å²) >= 11 is 7.28. The van der Waals surface area contributed by atoms with Crippen LogP contribution in [0.2, 0.25) is 5.15 Å². The summed E-state index contributed by atoms with van der Waals surface area (Å²) in [6.07, 6.45) is 2.17. The van der Waals surface area contributed by atoms with E-state index in [4.69, 9.17) is 21.5 Å². The lowest BCUT2D eigenvalue weighted by molar-refractivity contribution is -0.122. The zero-order valence-corrected chi connectivity index (χ0v) is 22.7. The zero-order chi connectivity index (χ0) is 27.3. The predicted octanol–water partition coefficient (Wildman–Crippen LogP) is 3.17. The molecule has 0 unspecified atom stereocenters. The van der Waals surface area contributed by atoms with Crippen molar-refractivity contribution in [3.8, 4) is 10.8 Å². The topological polar surface area (TPSA) is 142 Å². The molecule has 1 spiro atoms. The van der Waals surface area contributed by atoms with Gasteiger partial charge in [0.15, 0.2) is 21.0 Å². The van der Waals surface area contributed by atoms with E-state index in [1.54, 1.807) is 10.5 Å². The van der Waals surface area contributed by atoms with Crippen molar-refractivity contribution in [1.82, 2.24) is 29.6 Å². The minimum Gasteiger partial charge on any atom is -0.483 e. The standard InChI is InChI=1S/C21H24ClF2N7O2S2.CH2O2/c1-20(2-3-20)29-35(32,33)12-8-13(30-6-4-21(5-7-30)10-25-11-21)14-15(22)26-17(31(14)9-12)19-28-27-18(34-19)16(23)24;2-1-3/h8-9,16,25,29H,2-7,10-11H2,1H3;1H,(H,2,3). The second-order valence-electron chi connectivity index (χ2n) is 10.1. The molecule has 3 aromatic rings. The number of carbonyl (C=O) groups is 1. The molecule has 3 aromatic heterocycles. The molecule has 0 atom stereocenters. The lowest BCUT2D eigenvalue weighted by Crippen LogP contribution is -2.58. The average molecular weight is 590 g/mol. The summed E-state index contributed by atoms with van der Waals surface area (Å²) in [5.74, 6) is 0.182. The largest absolute Gasteiger partial charge is 0.483 e. The fourth-order valence-corrected chi connectivity index (χ4v) is 7.24. The van der Waals surface area contributed by atoms with Gasteiger partial charge in [0.25, 0.3) is 12.9 Å². The molecule has 6 rings (SSSR count). The van der Waals surface area contributed by atoms with E-state index in [9.17, 15) is 17.2 Å². The number of alkyl halides is 2.